The number of benzene rings is 1. The van der Waals surface area contributed by atoms with Gasteiger partial charge in [-0.25, -0.2) is 0 Å². The zero-order valence-electron chi connectivity index (χ0n) is 8.80. The number of rotatable bonds is 3. The number of aromatic hydroxyl groups is 1. The van der Waals surface area contributed by atoms with Gasteiger partial charge in [0.05, 0.1) is 0 Å². The van der Waals surface area contributed by atoms with E-state index in [2.05, 4.69) is 18.3 Å². The third-order valence-electron chi connectivity index (χ3n) is 3.09. The monoisotopic (exact) mass is 191 g/mol. The van der Waals surface area contributed by atoms with Crippen molar-refractivity contribution in [3.8, 4) is 5.75 Å². The summed E-state index contributed by atoms with van der Waals surface area (Å²) in [5, 5.41) is 13.0. The molecule has 1 saturated carbocycles. The van der Waals surface area contributed by atoms with Gasteiger partial charge in [-0.2, -0.15) is 0 Å². The molecule has 0 bridgehead atoms. The van der Waals surface area contributed by atoms with E-state index in [9.17, 15) is 5.11 Å². The zero-order chi connectivity index (χ0) is 10.2. The SMILES string of the molecule is CNCC1(c2cc(C)ccc2O)CC1. The second-order valence-electron chi connectivity index (χ2n) is 4.33. The molecular weight excluding hydrogens is 174 g/mol. The van der Waals surface area contributed by atoms with Crippen molar-refractivity contribution in [2.75, 3.05) is 13.6 Å². The highest BCUT2D eigenvalue weighted by Crippen LogP contribution is 2.50. The van der Waals surface area contributed by atoms with Crippen LogP contribution in [0, 0.1) is 6.92 Å². The molecule has 0 radical (unpaired) electrons. The molecule has 0 saturated heterocycles. The lowest BCUT2D eigenvalue weighted by atomic mass is 9.93. The van der Waals surface area contributed by atoms with E-state index in [0.717, 1.165) is 12.1 Å². The number of hydrogen-bond donors (Lipinski definition) is 2. The molecule has 2 rings (SSSR count). The van der Waals surface area contributed by atoms with Crippen LogP contribution in [0.3, 0.4) is 0 Å². The molecule has 2 N–H and O–H groups in total. The van der Waals surface area contributed by atoms with Crippen molar-refractivity contribution in [2.24, 2.45) is 0 Å². The van der Waals surface area contributed by atoms with Crippen molar-refractivity contribution in [1.82, 2.24) is 5.32 Å². The Morgan fingerprint density at radius 3 is 2.71 bits per heavy atom. The number of phenolic OH excluding ortho intramolecular Hbond substituents is 1. The van der Waals surface area contributed by atoms with Gasteiger partial charge in [0, 0.05) is 17.5 Å². The molecule has 2 heteroatoms. The summed E-state index contributed by atoms with van der Waals surface area (Å²) in [7, 11) is 1.97. The molecule has 0 aromatic heterocycles. The lowest BCUT2D eigenvalue weighted by molar-refractivity contribution is 0.455. The number of aryl methyl sites for hydroxylation is 1. The summed E-state index contributed by atoms with van der Waals surface area (Å²) in [6.45, 7) is 3.03. The molecule has 0 atom stereocenters. The molecule has 1 aromatic rings. The van der Waals surface area contributed by atoms with E-state index < -0.39 is 0 Å². The first-order valence-corrected chi connectivity index (χ1v) is 5.13. The van der Waals surface area contributed by atoms with Crippen molar-refractivity contribution >= 4 is 0 Å². The van der Waals surface area contributed by atoms with Gasteiger partial charge in [0.2, 0.25) is 0 Å². The Balaban J connectivity index is 2.35. The third kappa shape index (κ3) is 1.50. The van der Waals surface area contributed by atoms with Gasteiger partial charge in [-0.1, -0.05) is 17.7 Å². The van der Waals surface area contributed by atoms with E-state index in [-0.39, 0.29) is 5.41 Å². The molecular formula is C12H17NO. The van der Waals surface area contributed by atoms with Crippen LogP contribution in [0.25, 0.3) is 0 Å². The first-order valence-electron chi connectivity index (χ1n) is 5.13. The van der Waals surface area contributed by atoms with E-state index in [4.69, 9.17) is 0 Å². The number of nitrogens with one attached hydrogen (secondary N) is 1. The van der Waals surface area contributed by atoms with Crippen molar-refractivity contribution < 1.29 is 5.11 Å². The molecule has 0 unspecified atom stereocenters. The highest BCUT2D eigenvalue weighted by molar-refractivity contribution is 5.44. The van der Waals surface area contributed by atoms with Crippen molar-refractivity contribution in [3.05, 3.63) is 29.3 Å². The maximum absolute atomic E-state index is 9.81. The van der Waals surface area contributed by atoms with Crippen LogP contribution in [0.2, 0.25) is 0 Å². The van der Waals surface area contributed by atoms with Crippen LogP contribution in [0.1, 0.15) is 24.0 Å². The lowest BCUT2D eigenvalue weighted by Gasteiger charge is -2.17. The van der Waals surface area contributed by atoms with E-state index in [1.807, 2.05) is 13.1 Å². The van der Waals surface area contributed by atoms with Gasteiger partial charge in [0.15, 0.2) is 0 Å². The van der Waals surface area contributed by atoms with Gasteiger partial charge in [0.1, 0.15) is 5.75 Å². The Bertz CT molecular complexity index is 342. The maximum atomic E-state index is 9.81. The Morgan fingerprint density at radius 2 is 2.14 bits per heavy atom. The molecule has 1 aliphatic rings. The number of phenols is 1. The summed E-state index contributed by atoms with van der Waals surface area (Å²) in [6.07, 6.45) is 2.37. The molecule has 0 heterocycles. The standard InChI is InChI=1S/C12H17NO/c1-9-3-4-11(14)10(7-9)12(5-6-12)8-13-2/h3-4,7,13-14H,5-6,8H2,1-2H3. The summed E-state index contributed by atoms with van der Waals surface area (Å²) in [5.74, 6) is 0.448. The Labute approximate surface area is 85.0 Å². The summed E-state index contributed by atoms with van der Waals surface area (Å²) in [6, 6.07) is 5.87. The normalized spacial score (nSPS) is 18.1. The maximum Gasteiger partial charge on any atom is 0.119 e. The Hall–Kier alpha value is -1.02. The van der Waals surface area contributed by atoms with E-state index in [0.29, 0.717) is 5.75 Å². The second kappa shape index (κ2) is 3.28. The topological polar surface area (TPSA) is 32.3 Å². The summed E-state index contributed by atoms with van der Waals surface area (Å²) < 4.78 is 0. The quantitative estimate of drug-likeness (QED) is 0.765. The predicted octanol–water partition coefficient (Wildman–Crippen LogP) is 1.95. The van der Waals surface area contributed by atoms with E-state index >= 15 is 0 Å². The average Bonchev–Trinajstić information content (AvgIpc) is 2.91. The highest BCUT2D eigenvalue weighted by atomic mass is 16.3. The fourth-order valence-corrected chi connectivity index (χ4v) is 2.11. The second-order valence-corrected chi connectivity index (χ2v) is 4.33. The van der Waals surface area contributed by atoms with Crippen molar-refractivity contribution in [3.63, 3.8) is 0 Å². The van der Waals surface area contributed by atoms with Gasteiger partial charge in [-0.05, 0) is 32.9 Å². The van der Waals surface area contributed by atoms with Gasteiger partial charge < -0.3 is 10.4 Å². The molecule has 0 spiro atoms. The number of hydrogen-bond acceptors (Lipinski definition) is 2. The number of likely N-dealkylation sites (N-methyl/N-ethyl adjacent to an activating group) is 1. The van der Waals surface area contributed by atoms with Gasteiger partial charge in [-0.15, -0.1) is 0 Å². The van der Waals surface area contributed by atoms with Crippen LogP contribution >= 0.6 is 0 Å². The van der Waals surface area contributed by atoms with Crippen LogP contribution in [0.15, 0.2) is 18.2 Å². The van der Waals surface area contributed by atoms with E-state index in [1.165, 1.54) is 18.4 Å². The van der Waals surface area contributed by atoms with E-state index in [1.54, 1.807) is 6.07 Å². The minimum absolute atomic E-state index is 0.213. The molecule has 1 aromatic carbocycles. The molecule has 0 aliphatic heterocycles. The van der Waals surface area contributed by atoms with Crippen molar-refractivity contribution in [2.45, 2.75) is 25.2 Å². The van der Waals surface area contributed by atoms with Gasteiger partial charge in [0.25, 0.3) is 0 Å². The summed E-state index contributed by atoms with van der Waals surface area (Å²) in [5.41, 5.74) is 2.55. The van der Waals surface area contributed by atoms with Crippen LogP contribution in [0.5, 0.6) is 5.75 Å². The third-order valence-corrected chi connectivity index (χ3v) is 3.09. The molecule has 76 valence electrons. The minimum atomic E-state index is 0.213. The minimum Gasteiger partial charge on any atom is -0.508 e. The predicted molar refractivity (Wildman–Crippen MR) is 57.7 cm³/mol. The highest BCUT2D eigenvalue weighted by Gasteiger charge is 2.45. The van der Waals surface area contributed by atoms with Crippen LogP contribution in [-0.2, 0) is 5.41 Å². The summed E-state index contributed by atoms with van der Waals surface area (Å²) >= 11 is 0. The average molecular weight is 191 g/mol. The zero-order valence-corrected chi connectivity index (χ0v) is 8.80. The summed E-state index contributed by atoms with van der Waals surface area (Å²) in [4.78, 5) is 0. The largest absolute Gasteiger partial charge is 0.508 e. The fraction of sp³-hybridized carbons (Fsp3) is 0.500. The Kier molecular flexibility index (Phi) is 2.23. The van der Waals surface area contributed by atoms with Gasteiger partial charge in [-0.3, -0.25) is 0 Å². The Morgan fingerprint density at radius 1 is 1.43 bits per heavy atom. The first-order chi connectivity index (χ1) is 6.68. The first kappa shape index (κ1) is 9.53. The molecule has 0 amide bonds. The van der Waals surface area contributed by atoms with Crippen LogP contribution in [0.4, 0.5) is 0 Å². The van der Waals surface area contributed by atoms with Crippen LogP contribution in [-0.4, -0.2) is 18.7 Å². The molecule has 14 heavy (non-hydrogen) atoms. The molecule has 2 nitrogen and oxygen atoms in total. The molecule has 1 aliphatic carbocycles. The van der Waals surface area contributed by atoms with Gasteiger partial charge >= 0.3 is 0 Å². The van der Waals surface area contributed by atoms with Crippen molar-refractivity contribution in [1.29, 1.82) is 0 Å². The lowest BCUT2D eigenvalue weighted by Crippen LogP contribution is -2.23. The van der Waals surface area contributed by atoms with Crippen LogP contribution < -0.4 is 5.32 Å². The fourth-order valence-electron chi connectivity index (χ4n) is 2.11. The smallest absolute Gasteiger partial charge is 0.119 e. The molecule has 1 fully saturated rings.